The van der Waals surface area contributed by atoms with Crippen molar-refractivity contribution >= 4 is 48.8 Å². The predicted octanol–water partition coefficient (Wildman–Crippen LogP) is 4.11. The van der Waals surface area contributed by atoms with Gasteiger partial charge in [0.25, 0.3) is 0 Å². The first kappa shape index (κ1) is 14.8. The molecular weight excluding hydrogens is 378 g/mol. The molecule has 1 fully saturated rings. The number of thiazole rings is 1. The Bertz CT molecular complexity index is 743. The molecule has 1 aromatic carbocycles. The van der Waals surface area contributed by atoms with Gasteiger partial charge in [-0.05, 0) is 40.2 Å². The maximum Gasteiger partial charge on any atom is 0.116 e. The number of para-hydroxylation sites is 1. The molecule has 6 heteroatoms. The molecule has 1 saturated heterocycles. The van der Waals surface area contributed by atoms with Crippen LogP contribution >= 0.6 is 38.6 Å². The summed E-state index contributed by atoms with van der Waals surface area (Å²) in [5, 5.41) is 4.65. The number of nitrogens with zero attached hydrogens (tertiary/aromatic N) is 2. The largest absolute Gasteiger partial charge is 0.314 e. The molecule has 0 bridgehead atoms. The minimum atomic E-state index is 0.274. The first-order valence-electron chi connectivity index (χ1n) is 7.37. The lowest BCUT2D eigenvalue weighted by atomic mass is 10.2. The number of thiophene rings is 1. The van der Waals surface area contributed by atoms with Gasteiger partial charge in [-0.15, -0.1) is 22.7 Å². The van der Waals surface area contributed by atoms with E-state index in [1.165, 1.54) is 18.4 Å². The van der Waals surface area contributed by atoms with Crippen molar-refractivity contribution in [2.75, 3.05) is 26.2 Å². The summed E-state index contributed by atoms with van der Waals surface area (Å²) in [6, 6.07) is 13.1. The summed E-state index contributed by atoms with van der Waals surface area (Å²) >= 11 is 7.24. The smallest absolute Gasteiger partial charge is 0.116 e. The van der Waals surface area contributed by atoms with Gasteiger partial charge < -0.3 is 5.32 Å². The van der Waals surface area contributed by atoms with E-state index in [1.54, 1.807) is 0 Å². The van der Waals surface area contributed by atoms with E-state index in [0.29, 0.717) is 0 Å². The third-order valence-electron chi connectivity index (χ3n) is 3.92. The summed E-state index contributed by atoms with van der Waals surface area (Å²) in [6.45, 7) is 4.23. The number of aromatic nitrogens is 1. The number of piperazine rings is 1. The lowest BCUT2D eigenvalue weighted by molar-refractivity contribution is 0.200. The zero-order valence-electron chi connectivity index (χ0n) is 12.0. The van der Waals surface area contributed by atoms with Crippen molar-refractivity contribution in [2.45, 2.75) is 6.04 Å². The van der Waals surface area contributed by atoms with Crippen LogP contribution in [0.4, 0.5) is 0 Å². The zero-order valence-corrected chi connectivity index (χ0v) is 15.2. The molecule has 1 N–H and O–H groups in total. The molecular formula is C16H16BrN3S2. The predicted molar refractivity (Wildman–Crippen MR) is 97.9 cm³/mol. The maximum absolute atomic E-state index is 4.92. The van der Waals surface area contributed by atoms with Crippen LogP contribution in [0, 0.1) is 0 Å². The van der Waals surface area contributed by atoms with Crippen LogP contribution in [0.2, 0.25) is 0 Å². The van der Waals surface area contributed by atoms with Gasteiger partial charge in [-0.1, -0.05) is 12.1 Å². The van der Waals surface area contributed by atoms with Crippen molar-refractivity contribution < 1.29 is 0 Å². The minimum absolute atomic E-state index is 0.274. The third-order valence-corrected chi connectivity index (χ3v) is 6.69. The van der Waals surface area contributed by atoms with Crippen LogP contribution in [-0.4, -0.2) is 36.1 Å². The zero-order chi connectivity index (χ0) is 14.9. The highest BCUT2D eigenvalue weighted by molar-refractivity contribution is 9.11. The number of nitrogens with one attached hydrogen (secondary N) is 1. The molecule has 0 spiro atoms. The van der Waals surface area contributed by atoms with Crippen molar-refractivity contribution in [1.82, 2.24) is 15.2 Å². The van der Waals surface area contributed by atoms with Crippen molar-refractivity contribution in [1.29, 1.82) is 0 Å². The Kier molecular flexibility index (Phi) is 4.28. The van der Waals surface area contributed by atoms with Gasteiger partial charge in [0.1, 0.15) is 5.01 Å². The number of halogens is 1. The SMILES string of the molecule is Brc1ccc(C(c2nc3ccccc3s2)N2CCNCC2)s1. The molecule has 1 unspecified atom stereocenters. The Hall–Kier alpha value is -0.790. The van der Waals surface area contributed by atoms with Crippen molar-refractivity contribution in [3.05, 3.63) is 50.1 Å². The summed E-state index contributed by atoms with van der Waals surface area (Å²) in [6.07, 6.45) is 0. The van der Waals surface area contributed by atoms with Crippen molar-refractivity contribution in [2.24, 2.45) is 0 Å². The van der Waals surface area contributed by atoms with E-state index in [-0.39, 0.29) is 6.04 Å². The summed E-state index contributed by atoms with van der Waals surface area (Å²) in [5.41, 5.74) is 1.11. The minimum Gasteiger partial charge on any atom is -0.314 e. The molecule has 1 aliphatic rings. The molecule has 2 aromatic heterocycles. The Balaban J connectivity index is 1.78. The maximum atomic E-state index is 4.92. The van der Waals surface area contributed by atoms with Gasteiger partial charge in [-0.3, -0.25) is 4.90 Å². The highest BCUT2D eigenvalue weighted by Crippen LogP contribution is 2.38. The van der Waals surface area contributed by atoms with Crippen LogP contribution in [0.5, 0.6) is 0 Å². The molecule has 0 saturated carbocycles. The molecule has 114 valence electrons. The van der Waals surface area contributed by atoms with Crippen LogP contribution in [-0.2, 0) is 0 Å². The fraction of sp³-hybridized carbons (Fsp3) is 0.312. The molecule has 1 aliphatic heterocycles. The highest BCUT2D eigenvalue weighted by atomic mass is 79.9. The number of fused-ring (bicyclic) bond motifs is 1. The fourth-order valence-corrected chi connectivity index (χ4v) is 5.64. The molecule has 0 radical (unpaired) electrons. The second kappa shape index (κ2) is 6.37. The lowest BCUT2D eigenvalue weighted by Crippen LogP contribution is -2.45. The normalized spacial score (nSPS) is 17.9. The highest BCUT2D eigenvalue weighted by Gasteiger charge is 2.28. The number of hydrogen-bond acceptors (Lipinski definition) is 5. The van der Waals surface area contributed by atoms with Crippen LogP contribution in [0.3, 0.4) is 0 Å². The Labute approximate surface area is 146 Å². The van der Waals surface area contributed by atoms with E-state index in [1.807, 2.05) is 22.7 Å². The van der Waals surface area contributed by atoms with Gasteiger partial charge in [0.2, 0.25) is 0 Å². The van der Waals surface area contributed by atoms with Gasteiger partial charge in [-0.25, -0.2) is 4.98 Å². The molecule has 0 aliphatic carbocycles. The molecule has 1 atom stereocenters. The topological polar surface area (TPSA) is 28.2 Å². The first-order valence-corrected chi connectivity index (χ1v) is 9.79. The molecule has 0 amide bonds. The van der Waals surface area contributed by atoms with Crippen LogP contribution in [0.1, 0.15) is 15.9 Å². The number of hydrogen-bond donors (Lipinski definition) is 1. The number of benzene rings is 1. The van der Waals surface area contributed by atoms with Crippen molar-refractivity contribution in [3.63, 3.8) is 0 Å². The summed E-state index contributed by atoms with van der Waals surface area (Å²) in [7, 11) is 0. The van der Waals surface area contributed by atoms with Crippen LogP contribution in [0.15, 0.2) is 40.2 Å². The summed E-state index contributed by atoms with van der Waals surface area (Å²) in [4.78, 5) is 8.84. The monoisotopic (exact) mass is 393 g/mol. The van der Waals surface area contributed by atoms with Gasteiger partial charge in [0.15, 0.2) is 0 Å². The molecule has 3 nitrogen and oxygen atoms in total. The standard InChI is InChI=1S/C16H16BrN3S2/c17-14-6-5-13(21-14)15(20-9-7-18-8-10-20)16-19-11-3-1-2-4-12(11)22-16/h1-6,15,18H,7-10H2. The third kappa shape index (κ3) is 2.86. The Morgan fingerprint density at radius 1 is 1.09 bits per heavy atom. The van der Waals surface area contributed by atoms with E-state index in [4.69, 9.17) is 4.98 Å². The van der Waals surface area contributed by atoms with E-state index >= 15 is 0 Å². The Morgan fingerprint density at radius 2 is 1.91 bits per heavy atom. The van der Waals surface area contributed by atoms with Gasteiger partial charge in [0.05, 0.1) is 20.0 Å². The van der Waals surface area contributed by atoms with Crippen LogP contribution in [0.25, 0.3) is 10.2 Å². The van der Waals surface area contributed by atoms with Gasteiger partial charge >= 0.3 is 0 Å². The second-order valence-corrected chi connectivity index (χ2v) is 8.91. The first-order chi connectivity index (χ1) is 10.8. The summed E-state index contributed by atoms with van der Waals surface area (Å²) in [5.74, 6) is 0. The fourth-order valence-electron chi connectivity index (χ4n) is 2.88. The molecule has 3 aromatic rings. The molecule has 22 heavy (non-hydrogen) atoms. The summed E-state index contributed by atoms with van der Waals surface area (Å²) < 4.78 is 2.46. The van der Waals surface area contributed by atoms with E-state index < -0.39 is 0 Å². The molecule has 4 rings (SSSR count). The van der Waals surface area contributed by atoms with E-state index in [0.717, 1.165) is 31.7 Å². The van der Waals surface area contributed by atoms with E-state index in [9.17, 15) is 0 Å². The van der Waals surface area contributed by atoms with Crippen LogP contribution < -0.4 is 5.32 Å². The average Bonchev–Trinajstić information content (AvgIpc) is 3.15. The Morgan fingerprint density at radius 3 is 2.64 bits per heavy atom. The number of rotatable bonds is 3. The average molecular weight is 394 g/mol. The van der Waals surface area contributed by atoms with Gasteiger partial charge in [0, 0.05) is 31.1 Å². The van der Waals surface area contributed by atoms with Gasteiger partial charge in [-0.2, -0.15) is 0 Å². The molecule has 3 heterocycles. The van der Waals surface area contributed by atoms with E-state index in [2.05, 4.69) is 62.5 Å². The second-order valence-electron chi connectivity index (χ2n) is 5.35. The quantitative estimate of drug-likeness (QED) is 0.725. The lowest BCUT2D eigenvalue weighted by Gasteiger charge is -2.33. The van der Waals surface area contributed by atoms with Crippen molar-refractivity contribution in [3.8, 4) is 0 Å².